The van der Waals surface area contributed by atoms with Gasteiger partial charge in [0, 0.05) is 5.56 Å². The van der Waals surface area contributed by atoms with Crippen LogP contribution in [0.3, 0.4) is 0 Å². The number of aromatic nitrogens is 2. The molecule has 3 aromatic rings. The highest BCUT2D eigenvalue weighted by molar-refractivity contribution is 7.99. The summed E-state index contributed by atoms with van der Waals surface area (Å²) in [4.78, 5) is 12.2. The summed E-state index contributed by atoms with van der Waals surface area (Å²) >= 11 is 1.20. The Hall–Kier alpha value is -3.00. The number of thioether (sulfide) groups is 1. The zero-order valence-corrected chi connectivity index (χ0v) is 15.4. The Labute approximate surface area is 160 Å². The molecule has 2 heterocycles. The lowest BCUT2D eigenvalue weighted by Gasteiger charge is -2.14. The van der Waals surface area contributed by atoms with Gasteiger partial charge in [-0.2, -0.15) is 0 Å². The summed E-state index contributed by atoms with van der Waals surface area (Å²) in [5.41, 5.74) is 1.79. The van der Waals surface area contributed by atoms with Gasteiger partial charge in [0.15, 0.2) is 11.5 Å². The van der Waals surface area contributed by atoms with Crippen LogP contribution < -0.4 is 14.8 Å². The maximum absolute atomic E-state index is 12.2. The zero-order valence-electron chi connectivity index (χ0n) is 14.5. The molecule has 1 aromatic heterocycles. The van der Waals surface area contributed by atoms with Crippen molar-refractivity contribution in [2.45, 2.75) is 18.2 Å². The molecule has 1 amide bonds. The normalized spacial score (nSPS) is 13.4. The summed E-state index contributed by atoms with van der Waals surface area (Å²) in [6, 6.07) is 15.0. The molecule has 0 unspecified atom stereocenters. The Bertz CT molecular complexity index is 945. The van der Waals surface area contributed by atoms with Crippen LogP contribution in [0.1, 0.15) is 18.5 Å². The van der Waals surface area contributed by atoms with E-state index in [2.05, 4.69) is 15.5 Å². The number of hydrogen-bond acceptors (Lipinski definition) is 7. The number of nitrogens with one attached hydrogen (secondary N) is 1. The van der Waals surface area contributed by atoms with Crippen LogP contribution in [-0.2, 0) is 4.79 Å². The van der Waals surface area contributed by atoms with Gasteiger partial charge in [0.1, 0.15) is 0 Å². The van der Waals surface area contributed by atoms with Crippen LogP contribution >= 0.6 is 11.8 Å². The summed E-state index contributed by atoms with van der Waals surface area (Å²) in [7, 11) is 0. The minimum absolute atomic E-state index is 0.121. The lowest BCUT2D eigenvalue weighted by atomic mass is 10.1. The molecule has 1 atom stereocenters. The highest BCUT2D eigenvalue weighted by Crippen LogP contribution is 2.34. The second-order valence-electron chi connectivity index (χ2n) is 5.93. The predicted molar refractivity (Wildman–Crippen MR) is 99.6 cm³/mol. The first kappa shape index (κ1) is 17.4. The van der Waals surface area contributed by atoms with E-state index in [9.17, 15) is 4.79 Å². The van der Waals surface area contributed by atoms with Gasteiger partial charge < -0.3 is 19.2 Å². The van der Waals surface area contributed by atoms with Crippen molar-refractivity contribution in [3.8, 4) is 23.0 Å². The van der Waals surface area contributed by atoms with Gasteiger partial charge in [-0.05, 0) is 36.8 Å². The number of nitrogens with zero attached hydrogens (tertiary/aromatic N) is 2. The van der Waals surface area contributed by atoms with Gasteiger partial charge in [0.05, 0.1) is 11.8 Å². The lowest BCUT2D eigenvalue weighted by Crippen LogP contribution is -2.28. The minimum atomic E-state index is -0.157. The second-order valence-corrected chi connectivity index (χ2v) is 6.86. The first-order chi connectivity index (χ1) is 13.2. The summed E-state index contributed by atoms with van der Waals surface area (Å²) in [5, 5.41) is 11.3. The number of amides is 1. The maximum Gasteiger partial charge on any atom is 0.277 e. The minimum Gasteiger partial charge on any atom is -0.454 e. The number of rotatable bonds is 6. The van der Waals surface area contributed by atoms with Crippen molar-refractivity contribution >= 4 is 17.7 Å². The average Bonchev–Trinajstić information content (AvgIpc) is 3.36. The van der Waals surface area contributed by atoms with Gasteiger partial charge >= 0.3 is 0 Å². The van der Waals surface area contributed by atoms with Gasteiger partial charge in [0.2, 0.25) is 18.6 Å². The quantitative estimate of drug-likeness (QED) is 0.653. The van der Waals surface area contributed by atoms with E-state index < -0.39 is 0 Å². The molecule has 1 N–H and O–H groups in total. The third-order valence-corrected chi connectivity index (χ3v) is 4.85. The van der Waals surface area contributed by atoms with E-state index in [-0.39, 0.29) is 24.5 Å². The van der Waals surface area contributed by atoms with E-state index >= 15 is 0 Å². The van der Waals surface area contributed by atoms with Gasteiger partial charge in [-0.1, -0.05) is 36.0 Å². The number of ether oxygens (including phenoxy) is 2. The monoisotopic (exact) mass is 383 g/mol. The first-order valence-electron chi connectivity index (χ1n) is 8.39. The van der Waals surface area contributed by atoms with Gasteiger partial charge in [0.25, 0.3) is 5.22 Å². The van der Waals surface area contributed by atoms with Crippen LogP contribution in [-0.4, -0.2) is 28.7 Å². The number of benzene rings is 2. The Kier molecular flexibility index (Phi) is 4.97. The van der Waals surface area contributed by atoms with Gasteiger partial charge in [-0.15, -0.1) is 10.2 Å². The lowest BCUT2D eigenvalue weighted by molar-refractivity contribution is -0.119. The maximum atomic E-state index is 12.2. The molecule has 1 aliphatic rings. The molecular weight excluding hydrogens is 366 g/mol. The molecule has 0 fully saturated rings. The van der Waals surface area contributed by atoms with Gasteiger partial charge in [-0.25, -0.2) is 0 Å². The van der Waals surface area contributed by atoms with E-state index in [1.54, 1.807) is 0 Å². The molecule has 4 rings (SSSR count). The molecular formula is C19H17N3O4S. The first-order valence-corrected chi connectivity index (χ1v) is 9.38. The Morgan fingerprint density at radius 2 is 1.96 bits per heavy atom. The third-order valence-electron chi connectivity index (χ3n) is 4.03. The molecule has 0 bridgehead atoms. The van der Waals surface area contributed by atoms with Crippen LogP contribution in [0.2, 0.25) is 0 Å². The molecule has 0 saturated heterocycles. The van der Waals surface area contributed by atoms with E-state index in [0.717, 1.165) is 16.9 Å². The van der Waals surface area contributed by atoms with Crippen molar-refractivity contribution < 1.29 is 18.7 Å². The molecule has 0 spiro atoms. The average molecular weight is 383 g/mol. The van der Waals surface area contributed by atoms with Crippen molar-refractivity contribution in [3.05, 3.63) is 54.1 Å². The number of carbonyl (C=O) groups excluding carboxylic acids is 1. The van der Waals surface area contributed by atoms with Crippen molar-refractivity contribution in [2.75, 3.05) is 12.5 Å². The smallest absolute Gasteiger partial charge is 0.277 e. The summed E-state index contributed by atoms with van der Waals surface area (Å²) in [6.45, 7) is 2.14. The van der Waals surface area contributed by atoms with E-state index in [1.165, 1.54) is 11.8 Å². The number of carbonyl (C=O) groups is 1. The fourth-order valence-corrected chi connectivity index (χ4v) is 3.22. The fourth-order valence-electron chi connectivity index (χ4n) is 2.64. The molecule has 2 aromatic carbocycles. The number of hydrogen-bond donors (Lipinski definition) is 1. The fraction of sp³-hybridized carbons (Fsp3) is 0.211. The van der Waals surface area contributed by atoms with Crippen molar-refractivity contribution in [2.24, 2.45) is 0 Å². The van der Waals surface area contributed by atoms with Crippen LogP contribution in [0.15, 0.2) is 58.2 Å². The highest BCUT2D eigenvalue weighted by Gasteiger charge is 2.17. The summed E-state index contributed by atoms with van der Waals surface area (Å²) in [5.74, 6) is 1.92. The predicted octanol–water partition coefficient (Wildman–Crippen LogP) is 3.43. The van der Waals surface area contributed by atoms with Crippen LogP contribution in [0.4, 0.5) is 0 Å². The molecule has 7 nitrogen and oxygen atoms in total. The molecule has 0 radical (unpaired) electrons. The molecule has 0 aliphatic carbocycles. The second kappa shape index (κ2) is 7.71. The van der Waals surface area contributed by atoms with Crippen molar-refractivity contribution in [3.63, 3.8) is 0 Å². The SMILES string of the molecule is C[C@@H](NC(=O)CSc1nnc(-c2ccccc2)o1)c1ccc2c(c1)OCO2. The van der Waals surface area contributed by atoms with E-state index in [0.29, 0.717) is 16.9 Å². The molecule has 138 valence electrons. The summed E-state index contributed by atoms with van der Waals surface area (Å²) in [6.07, 6.45) is 0. The van der Waals surface area contributed by atoms with Crippen LogP contribution in [0.25, 0.3) is 11.5 Å². The Morgan fingerprint density at radius 3 is 2.81 bits per heavy atom. The number of fused-ring (bicyclic) bond motifs is 1. The van der Waals surface area contributed by atoms with Crippen LogP contribution in [0, 0.1) is 0 Å². The molecule has 1 aliphatic heterocycles. The molecule has 0 saturated carbocycles. The van der Waals surface area contributed by atoms with Gasteiger partial charge in [-0.3, -0.25) is 4.79 Å². The van der Waals surface area contributed by atoms with Crippen LogP contribution in [0.5, 0.6) is 11.5 Å². The molecule has 8 heteroatoms. The topological polar surface area (TPSA) is 86.5 Å². The molecule has 27 heavy (non-hydrogen) atoms. The van der Waals surface area contributed by atoms with Crippen molar-refractivity contribution in [1.82, 2.24) is 15.5 Å². The Morgan fingerprint density at radius 1 is 1.15 bits per heavy atom. The van der Waals surface area contributed by atoms with Crippen molar-refractivity contribution in [1.29, 1.82) is 0 Å². The van der Waals surface area contributed by atoms with E-state index in [1.807, 2.05) is 55.5 Å². The highest BCUT2D eigenvalue weighted by atomic mass is 32.2. The largest absolute Gasteiger partial charge is 0.454 e. The summed E-state index contributed by atoms with van der Waals surface area (Å²) < 4.78 is 16.3. The standard InChI is InChI=1S/C19H17N3O4S/c1-12(14-7-8-15-16(9-14)25-11-24-15)20-17(23)10-27-19-22-21-18(26-19)13-5-3-2-4-6-13/h2-9,12H,10-11H2,1H3,(H,20,23)/t12-/m1/s1. The zero-order chi connectivity index (χ0) is 18.6. The van der Waals surface area contributed by atoms with E-state index in [4.69, 9.17) is 13.9 Å². The Balaban J connectivity index is 1.31. The third kappa shape index (κ3) is 4.06.